The number of methoxy groups -OCH3 is 2. The summed E-state index contributed by atoms with van der Waals surface area (Å²) in [7, 11) is 2.77. The Morgan fingerprint density at radius 1 is 1.03 bits per heavy atom. The minimum absolute atomic E-state index is 0.152. The molecule has 0 saturated carbocycles. The van der Waals surface area contributed by atoms with E-state index in [1.54, 1.807) is 18.2 Å². The van der Waals surface area contributed by atoms with Crippen LogP contribution in [0.5, 0.6) is 5.75 Å². The molecule has 0 radical (unpaired) electrons. The molecule has 2 aromatic carbocycles. The van der Waals surface area contributed by atoms with Gasteiger partial charge in [0, 0.05) is 20.2 Å². The molecule has 0 bridgehead atoms. The number of alkyl halides is 3. The molecule has 0 saturated heterocycles. The number of rotatable bonds is 10. The summed E-state index contributed by atoms with van der Waals surface area (Å²) in [4.78, 5) is 11.1. The van der Waals surface area contributed by atoms with E-state index in [0.29, 0.717) is 24.4 Å². The third-order valence-corrected chi connectivity index (χ3v) is 4.68. The first kappa shape index (κ1) is 23.7. The van der Waals surface area contributed by atoms with Crippen molar-refractivity contribution in [2.45, 2.75) is 25.1 Å². The largest absolute Gasteiger partial charge is 0.482 e. The van der Waals surface area contributed by atoms with Gasteiger partial charge in [0.25, 0.3) is 0 Å². The molecular formula is C22H26F3NO4. The quantitative estimate of drug-likeness (QED) is 0.574. The summed E-state index contributed by atoms with van der Waals surface area (Å²) in [5, 5.41) is 3.25. The molecule has 2 unspecified atom stereocenters. The minimum Gasteiger partial charge on any atom is -0.482 e. The first-order valence-electron chi connectivity index (χ1n) is 9.44. The highest BCUT2D eigenvalue weighted by Crippen LogP contribution is 2.31. The van der Waals surface area contributed by atoms with Crippen LogP contribution in [0, 0.1) is 0 Å². The molecular weight excluding hydrogens is 399 g/mol. The molecule has 30 heavy (non-hydrogen) atoms. The standard InChI is InChI=1S/C22H26F3NO4/c1-15(16-7-9-19(10-8-16)30-14-21(27)29-3)12-26-13-20(28-2)17-5-4-6-18(11-17)22(23,24)25/h4-11,15,20,26H,12-14H2,1-3H3. The fourth-order valence-corrected chi connectivity index (χ4v) is 2.90. The molecule has 0 amide bonds. The number of hydrogen-bond donors (Lipinski definition) is 1. The zero-order chi connectivity index (χ0) is 22.1. The van der Waals surface area contributed by atoms with Crippen molar-refractivity contribution in [3.63, 3.8) is 0 Å². The monoisotopic (exact) mass is 425 g/mol. The Bertz CT molecular complexity index is 809. The van der Waals surface area contributed by atoms with Crippen molar-refractivity contribution < 1.29 is 32.2 Å². The van der Waals surface area contributed by atoms with E-state index < -0.39 is 23.8 Å². The summed E-state index contributed by atoms with van der Waals surface area (Å²) in [6, 6.07) is 12.5. The van der Waals surface area contributed by atoms with Gasteiger partial charge < -0.3 is 19.5 Å². The second-order valence-electron chi connectivity index (χ2n) is 6.84. The van der Waals surface area contributed by atoms with Gasteiger partial charge in [-0.05, 0) is 41.3 Å². The lowest BCUT2D eigenvalue weighted by Crippen LogP contribution is -2.26. The van der Waals surface area contributed by atoms with Crippen LogP contribution in [0.15, 0.2) is 48.5 Å². The lowest BCUT2D eigenvalue weighted by molar-refractivity contribution is -0.143. The maximum Gasteiger partial charge on any atom is 0.416 e. The number of benzene rings is 2. The Balaban J connectivity index is 1.88. The number of ether oxygens (including phenoxy) is 3. The minimum atomic E-state index is -4.39. The van der Waals surface area contributed by atoms with Gasteiger partial charge in [0.2, 0.25) is 0 Å². The van der Waals surface area contributed by atoms with Crippen molar-refractivity contribution in [3.05, 3.63) is 65.2 Å². The fraction of sp³-hybridized carbons (Fsp3) is 0.409. The van der Waals surface area contributed by atoms with Gasteiger partial charge in [-0.1, -0.05) is 31.2 Å². The molecule has 2 aromatic rings. The SMILES string of the molecule is COC(=O)COc1ccc(C(C)CNCC(OC)c2cccc(C(F)(F)F)c2)cc1. The molecule has 164 valence electrons. The normalized spacial score (nSPS) is 13.5. The summed E-state index contributed by atoms with van der Waals surface area (Å²) in [6.45, 7) is 2.87. The zero-order valence-electron chi connectivity index (χ0n) is 17.2. The van der Waals surface area contributed by atoms with Gasteiger partial charge in [0.05, 0.1) is 18.8 Å². The van der Waals surface area contributed by atoms with E-state index in [2.05, 4.69) is 10.1 Å². The van der Waals surface area contributed by atoms with Crippen molar-refractivity contribution in [2.24, 2.45) is 0 Å². The maximum atomic E-state index is 12.9. The lowest BCUT2D eigenvalue weighted by Gasteiger charge is -2.20. The number of nitrogens with one attached hydrogen (secondary N) is 1. The van der Waals surface area contributed by atoms with Crippen LogP contribution in [0.4, 0.5) is 13.2 Å². The van der Waals surface area contributed by atoms with E-state index in [0.717, 1.165) is 17.7 Å². The average Bonchev–Trinajstić information content (AvgIpc) is 2.74. The van der Waals surface area contributed by atoms with Crippen molar-refractivity contribution >= 4 is 5.97 Å². The van der Waals surface area contributed by atoms with Gasteiger partial charge in [-0.3, -0.25) is 0 Å². The van der Waals surface area contributed by atoms with Crippen LogP contribution < -0.4 is 10.1 Å². The first-order valence-corrected chi connectivity index (χ1v) is 9.44. The molecule has 0 aromatic heterocycles. The number of esters is 1. The van der Waals surface area contributed by atoms with Crippen LogP contribution in [0.2, 0.25) is 0 Å². The first-order chi connectivity index (χ1) is 14.2. The molecule has 0 aliphatic rings. The number of hydrogen-bond acceptors (Lipinski definition) is 5. The van der Waals surface area contributed by atoms with Gasteiger partial charge in [-0.25, -0.2) is 4.79 Å². The van der Waals surface area contributed by atoms with Crippen LogP contribution in [0.1, 0.15) is 35.6 Å². The molecule has 0 spiro atoms. The van der Waals surface area contributed by atoms with Crippen molar-refractivity contribution in [2.75, 3.05) is 33.9 Å². The van der Waals surface area contributed by atoms with Gasteiger partial charge in [0.15, 0.2) is 6.61 Å². The molecule has 2 rings (SSSR count). The third kappa shape index (κ3) is 7.03. The van der Waals surface area contributed by atoms with Gasteiger partial charge >= 0.3 is 12.1 Å². The summed E-state index contributed by atoms with van der Waals surface area (Å²) in [5.41, 5.74) is 0.838. The van der Waals surface area contributed by atoms with Crippen LogP contribution >= 0.6 is 0 Å². The van der Waals surface area contributed by atoms with Crippen molar-refractivity contribution in [1.82, 2.24) is 5.32 Å². The highest BCUT2D eigenvalue weighted by Gasteiger charge is 2.31. The Morgan fingerprint density at radius 3 is 2.33 bits per heavy atom. The van der Waals surface area contributed by atoms with Crippen molar-refractivity contribution in [1.29, 1.82) is 0 Å². The van der Waals surface area contributed by atoms with Crippen molar-refractivity contribution in [3.8, 4) is 5.75 Å². The fourth-order valence-electron chi connectivity index (χ4n) is 2.90. The van der Waals surface area contributed by atoms with E-state index in [1.165, 1.54) is 20.3 Å². The second-order valence-corrected chi connectivity index (χ2v) is 6.84. The number of halogens is 3. The Morgan fingerprint density at radius 2 is 1.73 bits per heavy atom. The highest BCUT2D eigenvalue weighted by molar-refractivity contribution is 5.70. The van der Waals surface area contributed by atoms with E-state index in [4.69, 9.17) is 9.47 Å². The molecule has 0 aliphatic heterocycles. The van der Waals surface area contributed by atoms with Gasteiger partial charge in [-0.2, -0.15) is 13.2 Å². The molecule has 1 N–H and O–H groups in total. The van der Waals surface area contributed by atoms with Crippen LogP contribution in [0.3, 0.4) is 0 Å². The highest BCUT2D eigenvalue weighted by atomic mass is 19.4. The molecule has 8 heteroatoms. The molecule has 0 aliphatic carbocycles. The smallest absolute Gasteiger partial charge is 0.416 e. The Labute approximate surface area is 174 Å². The third-order valence-electron chi connectivity index (χ3n) is 4.68. The van der Waals surface area contributed by atoms with Crippen LogP contribution in [0.25, 0.3) is 0 Å². The summed E-state index contributed by atoms with van der Waals surface area (Å²) in [6.07, 6.45) is -4.88. The number of carbonyl (C=O) groups excluding carboxylic acids is 1. The Kier molecular flexibility index (Phi) is 8.68. The van der Waals surface area contributed by atoms with Crippen LogP contribution in [-0.4, -0.2) is 39.9 Å². The van der Waals surface area contributed by atoms with Gasteiger partial charge in [-0.15, -0.1) is 0 Å². The van der Waals surface area contributed by atoms with E-state index in [9.17, 15) is 18.0 Å². The predicted octanol–water partition coefficient (Wildman–Crippen LogP) is 4.34. The zero-order valence-corrected chi connectivity index (χ0v) is 17.2. The van der Waals surface area contributed by atoms with E-state index in [1.807, 2.05) is 19.1 Å². The summed E-state index contributed by atoms with van der Waals surface area (Å²) in [5.74, 6) is 0.261. The molecule has 2 atom stereocenters. The average molecular weight is 425 g/mol. The molecule has 5 nitrogen and oxygen atoms in total. The van der Waals surface area contributed by atoms with E-state index in [-0.39, 0.29) is 12.5 Å². The Hall–Kier alpha value is -2.58. The summed E-state index contributed by atoms with van der Waals surface area (Å²) >= 11 is 0. The topological polar surface area (TPSA) is 56.8 Å². The van der Waals surface area contributed by atoms with E-state index >= 15 is 0 Å². The summed E-state index contributed by atoms with van der Waals surface area (Å²) < 4.78 is 54.0. The predicted molar refractivity (Wildman–Crippen MR) is 106 cm³/mol. The second kappa shape index (κ2) is 11.0. The van der Waals surface area contributed by atoms with Gasteiger partial charge in [0.1, 0.15) is 5.75 Å². The molecule has 0 fully saturated rings. The maximum absolute atomic E-state index is 12.9. The lowest BCUT2D eigenvalue weighted by atomic mass is 10.0. The number of carbonyl (C=O) groups is 1. The molecule has 0 heterocycles. The van der Waals surface area contributed by atoms with Crippen LogP contribution in [-0.2, 0) is 20.4 Å².